The van der Waals surface area contributed by atoms with E-state index in [1.54, 1.807) is 6.20 Å². The number of nitrogens with zero attached hydrogens (tertiary/aromatic N) is 3. The van der Waals surface area contributed by atoms with Crippen LogP contribution in [0.2, 0.25) is 0 Å². The predicted octanol–water partition coefficient (Wildman–Crippen LogP) is 3.02. The summed E-state index contributed by atoms with van der Waals surface area (Å²) in [5, 5.41) is 0. The minimum Gasteiger partial charge on any atom is -0.441 e. The fourth-order valence-corrected chi connectivity index (χ4v) is 3.92. The third kappa shape index (κ3) is 4.17. The number of aryl methyl sites for hydroxylation is 1. The molecule has 0 radical (unpaired) electrons. The molecule has 1 spiro atoms. The van der Waals surface area contributed by atoms with Crippen molar-refractivity contribution in [1.82, 2.24) is 14.8 Å². The Morgan fingerprint density at radius 1 is 1.35 bits per heavy atom. The number of amides is 2. The van der Waals surface area contributed by atoms with Crippen LogP contribution in [0.3, 0.4) is 0 Å². The zero-order chi connectivity index (χ0) is 18.6. The molecule has 2 aliphatic rings. The van der Waals surface area contributed by atoms with Crippen LogP contribution in [0.15, 0.2) is 24.4 Å². The average molecular weight is 359 g/mol. The first-order chi connectivity index (χ1) is 12.5. The number of hydrogen-bond donors (Lipinski definition) is 0. The fraction of sp³-hybridized carbons (Fsp3) is 0.650. The number of rotatable bonds is 6. The molecule has 3 heterocycles. The molecule has 0 aliphatic carbocycles. The Morgan fingerprint density at radius 3 is 2.77 bits per heavy atom. The van der Waals surface area contributed by atoms with E-state index in [-0.39, 0.29) is 18.0 Å². The second-order valence-corrected chi connectivity index (χ2v) is 7.52. The van der Waals surface area contributed by atoms with Crippen LogP contribution in [0.25, 0.3) is 0 Å². The maximum Gasteiger partial charge on any atom is 0.410 e. The topological polar surface area (TPSA) is 62.7 Å². The normalized spacial score (nSPS) is 20.3. The Labute approximate surface area is 155 Å². The summed E-state index contributed by atoms with van der Waals surface area (Å²) in [5.41, 5.74) is 0.538. The van der Waals surface area contributed by atoms with Gasteiger partial charge >= 0.3 is 6.09 Å². The van der Waals surface area contributed by atoms with Crippen LogP contribution in [0.5, 0.6) is 0 Å². The molecule has 2 aliphatic heterocycles. The Hall–Kier alpha value is -2.11. The average Bonchev–Trinajstić information content (AvgIpc) is 2.97. The highest BCUT2D eigenvalue weighted by Gasteiger charge is 2.48. The van der Waals surface area contributed by atoms with Gasteiger partial charge in [-0.05, 0) is 31.9 Å². The van der Waals surface area contributed by atoms with Crippen molar-refractivity contribution >= 4 is 12.0 Å². The molecule has 1 unspecified atom stereocenters. The van der Waals surface area contributed by atoms with Gasteiger partial charge in [-0.25, -0.2) is 4.79 Å². The number of piperidine rings is 1. The number of hydrogen-bond acceptors (Lipinski definition) is 4. The molecule has 0 bridgehead atoms. The van der Waals surface area contributed by atoms with Crippen molar-refractivity contribution in [2.75, 3.05) is 19.6 Å². The summed E-state index contributed by atoms with van der Waals surface area (Å²) >= 11 is 0. The minimum absolute atomic E-state index is 0.158. The Kier molecular flexibility index (Phi) is 5.79. The SMILES string of the molecule is CCCC(C)N1CC2(CCN(C(=O)CCc3ccccn3)CC2)OC1=O. The molecule has 1 aromatic heterocycles. The molecular formula is C20H29N3O3. The van der Waals surface area contributed by atoms with E-state index in [1.165, 1.54) is 0 Å². The molecule has 0 saturated carbocycles. The molecule has 1 atom stereocenters. The van der Waals surface area contributed by atoms with E-state index >= 15 is 0 Å². The first kappa shape index (κ1) is 18.7. The van der Waals surface area contributed by atoms with Crippen LogP contribution in [0.1, 0.15) is 51.6 Å². The first-order valence-electron chi connectivity index (χ1n) is 9.70. The largest absolute Gasteiger partial charge is 0.441 e. The number of likely N-dealkylation sites (tertiary alicyclic amines) is 1. The third-order valence-corrected chi connectivity index (χ3v) is 5.58. The lowest BCUT2D eigenvalue weighted by Crippen LogP contribution is -2.49. The van der Waals surface area contributed by atoms with E-state index in [1.807, 2.05) is 28.0 Å². The summed E-state index contributed by atoms with van der Waals surface area (Å²) < 4.78 is 5.77. The highest BCUT2D eigenvalue weighted by atomic mass is 16.6. The summed E-state index contributed by atoms with van der Waals surface area (Å²) in [5.74, 6) is 0.158. The first-order valence-corrected chi connectivity index (χ1v) is 9.70. The smallest absolute Gasteiger partial charge is 0.410 e. The predicted molar refractivity (Wildman–Crippen MR) is 98.7 cm³/mol. The Balaban J connectivity index is 1.49. The molecule has 0 aromatic carbocycles. The molecule has 142 valence electrons. The summed E-state index contributed by atoms with van der Waals surface area (Å²) in [6.07, 6.45) is 6.19. The lowest BCUT2D eigenvalue weighted by Gasteiger charge is -2.37. The molecule has 2 saturated heterocycles. The molecule has 2 amide bonds. The van der Waals surface area contributed by atoms with Crippen molar-refractivity contribution in [1.29, 1.82) is 0 Å². The van der Waals surface area contributed by atoms with Gasteiger partial charge in [-0.2, -0.15) is 0 Å². The molecule has 6 heteroatoms. The van der Waals surface area contributed by atoms with Gasteiger partial charge in [-0.3, -0.25) is 9.78 Å². The monoisotopic (exact) mass is 359 g/mol. The maximum atomic E-state index is 12.5. The minimum atomic E-state index is -0.406. The second-order valence-electron chi connectivity index (χ2n) is 7.52. The van der Waals surface area contributed by atoms with E-state index in [4.69, 9.17) is 4.74 Å². The number of ether oxygens (including phenoxy) is 1. The van der Waals surface area contributed by atoms with Crippen molar-refractivity contribution in [3.63, 3.8) is 0 Å². The van der Waals surface area contributed by atoms with Crippen molar-refractivity contribution in [2.24, 2.45) is 0 Å². The zero-order valence-corrected chi connectivity index (χ0v) is 15.8. The van der Waals surface area contributed by atoms with Gasteiger partial charge in [0.2, 0.25) is 5.91 Å². The van der Waals surface area contributed by atoms with Crippen LogP contribution < -0.4 is 0 Å². The van der Waals surface area contributed by atoms with Crippen molar-refractivity contribution in [3.8, 4) is 0 Å². The fourth-order valence-electron chi connectivity index (χ4n) is 3.92. The molecule has 0 N–H and O–H groups in total. The van der Waals surface area contributed by atoms with Crippen LogP contribution >= 0.6 is 0 Å². The summed E-state index contributed by atoms with van der Waals surface area (Å²) in [6.45, 7) is 6.18. The quantitative estimate of drug-likeness (QED) is 0.783. The molecule has 26 heavy (non-hydrogen) atoms. The van der Waals surface area contributed by atoms with Gasteiger partial charge in [0.25, 0.3) is 0 Å². The van der Waals surface area contributed by atoms with Crippen molar-refractivity contribution in [3.05, 3.63) is 30.1 Å². The van der Waals surface area contributed by atoms with Crippen LogP contribution in [0.4, 0.5) is 4.79 Å². The highest BCUT2D eigenvalue weighted by Crippen LogP contribution is 2.34. The molecule has 2 fully saturated rings. The zero-order valence-electron chi connectivity index (χ0n) is 15.8. The van der Waals surface area contributed by atoms with Gasteiger partial charge in [0.1, 0.15) is 5.60 Å². The molecule has 3 rings (SSSR count). The van der Waals surface area contributed by atoms with Gasteiger partial charge < -0.3 is 14.5 Å². The van der Waals surface area contributed by atoms with Gasteiger partial charge in [0, 0.05) is 50.3 Å². The van der Waals surface area contributed by atoms with Crippen LogP contribution in [0, 0.1) is 0 Å². The number of carbonyl (C=O) groups excluding carboxylic acids is 2. The summed E-state index contributed by atoms with van der Waals surface area (Å²) in [7, 11) is 0. The summed E-state index contributed by atoms with van der Waals surface area (Å²) in [4.78, 5) is 32.8. The Morgan fingerprint density at radius 2 is 2.12 bits per heavy atom. The maximum absolute atomic E-state index is 12.5. The number of carbonyl (C=O) groups is 2. The van der Waals surface area contributed by atoms with E-state index in [9.17, 15) is 9.59 Å². The van der Waals surface area contributed by atoms with Crippen molar-refractivity contribution < 1.29 is 14.3 Å². The van der Waals surface area contributed by atoms with Crippen LogP contribution in [-0.2, 0) is 16.0 Å². The van der Waals surface area contributed by atoms with Crippen LogP contribution in [-0.4, -0.2) is 58.1 Å². The number of pyridine rings is 1. The third-order valence-electron chi connectivity index (χ3n) is 5.58. The summed E-state index contributed by atoms with van der Waals surface area (Å²) in [6, 6.07) is 5.98. The standard InChI is InChI=1S/C20H29N3O3/c1-3-6-16(2)23-15-20(26-19(23)25)10-13-22(14-11-20)18(24)9-8-17-7-4-5-12-21-17/h4-5,7,12,16H,3,6,8-11,13-15H2,1-2H3. The van der Waals surface area contributed by atoms with Crippen molar-refractivity contribution in [2.45, 2.75) is 64.0 Å². The highest BCUT2D eigenvalue weighted by molar-refractivity contribution is 5.76. The van der Waals surface area contributed by atoms with Gasteiger partial charge in [0.15, 0.2) is 0 Å². The van der Waals surface area contributed by atoms with Gasteiger partial charge in [-0.15, -0.1) is 0 Å². The van der Waals surface area contributed by atoms with E-state index in [0.717, 1.165) is 31.4 Å². The molecule has 6 nitrogen and oxygen atoms in total. The van der Waals surface area contributed by atoms with E-state index in [0.29, 0.717) is 32.5 Å². The van der Waals surface area contributed by atoms with Gasteiger partial charge in [-0.1, -0.05) is 19.4 Å². The second kappa shape index (κ2) is 8.06. The molecule has 1 aromatic rings. The van der Waals surface area contributed by atoms with E-state index in [2.05, 4.69) is 18.8 Å². The number of aromatic nitrogens is 1. The lowest BCUT2D eigenvalue weighted by molar-refractivity contribution is -0.134. The lowest BCUT2D eigenvalue weighted by atomic mass is 9.90. The van der Waals surface area contributed by atoms with Gasteiger partial charge in [0.05, 0.1) is 6.54 Å². The van der Waals surface area contributed by atoms with E-state index < -0.39 is 5.60 Å². The molecular weight excluding hydrogens is 330 g/mol. The Bertz CT molecular complexity index is 626.